The molecule has 3 rings (SSSR count). The van der Waals surface area contributed by atoms with Crippen molar-refractivity contribution in [3.8, 4) is 11.4 Å². The Morgan fingerprint density at radius 1 is 1.23 bits per heavy atom. The molecular weight excluding hydrogens is 274 g/mol. The zero-order chi connectivity index (χ0) is 15.2. The summed E-state index contributed by atoms with van der Waals surface area (Å²) in [4.78, 5) is 16.4. The van der Waals surface area contributed by atoms with Gasteiger partial charge in [0.1, 0.15) is 5.82 Å². The lowest BCUT2D eigenvalue weighted by molar-refractivity contribution is -0.124. The van der Waals surface area contributed by atoms with Gasteiger partial charge >= 0.3 is 0 Å². The number of hydrogen-bond acceptors (Lipinski definition) is 2. The first kappa shape index (κ1) is 14.8. The standard InChI is InChI=1S/C18H23N3O/c22-18(16-9-4-5-10-16)20-11-6-13-21-14-12-19-17(21)15-7-2-1-3-8-15/h1-3,7-8,12,14,16H,4-6,9-11,13H2,(H,20,22). The number of rotatable bonds is 6. The number of nitrogens with zero attached hydrogens (tertiary/aromatic N) is 2. The van der Waals surface area contributed by atoms with Crippen molar-refractivity contribution < 1.29 is 4.79 Å². The second-order valence-electron chi connectivity index (χ2n) is 5.94. The Hall–Kier alpha value is -2.10. The largest absolute Gasteiger partial charge is 0.356 e. The molecule has 4 heteroatoms. The average molecular weight is 297 g/mol. The molecule has 1 aromatic heterocycles. The molecule has 1 fully saturated rings. The Kier molecular flexibility index (Phi) is 4.88. The summed E-state index contributed by atoms with van der Waals surface area (Å²) in [5, 5.41) is 3.07. The molecular formula is C18H23N3O. The molecule has 1 aromatic carbocycles. The van der Waals surface area contributed by atoms with Gasteiger partial charge in [-0.25, -0.2) is 4.98 Å². The summed E-state index contributed by atoms with van der Waals surface area (Å²) in [5.74, 6) is 1.49. The number of amides is 1. The first-order valence-corrected chi connectivity index (χ1v) is 8.19. The molecule has 0 aliphatic heterocycles. The molecule has 4 nitrogen and oxygen atoms in total. The van der Waals surface area contributed by atoms with E-state index in [4.69, 9.17) is 0 Å². The Morgan fingerprint density at radius 3 is 2.77 bits per heavy atom. The van der Waals surface area contributed by atoms with Crippen molar-refractivity contribution in [3.63, 3.8) is 0 Å². The van der Waals surface area contributed by atoms with E-state index in [1.807, 2.05) is 30.6 Å². The normalized spacial score (nSPS) is 15.1. The van der Waals surface area contributed by atoms with Gasteiger partial charge in [-0.3, -0.25) is 4.79 Å². The van der Waals surface area contributed by atoms with Crippen LogP contribution in [0.5, 0.6) is 0 Å². The van der Waals surface area contributed by atoms with Crippen LogP contribution in [-0.2, 0) is 11.3 Å². The van der Waals surface area contributed by atoms with Crippen LogP contribution in [-0.4, -0.2) is 22.0 Å². The highest BCUT2D eigenvalue weighted by molar-refractivity contribution is 5.78. The highest BCUT2D eigenvalue weighted by Gasteiger charge is 2.21. The van der Waals surface area contributed by atoms with Gasteiger partial charge in [0, 0.05) is 37.0 Å². The third-order valence-corrected chi connectivity index (χ3v) is 4.35. The quantitative estimate of drug-likeness (QED) is 0.832. The number of hydrogen-bond donors (Lipinski definition) is 1. The molecule has 0 bridgehead atoms. The molecule has 1 aliphatic carbocycles. The molecule has 1 N–H and O–H groups in total. The first-order valence-electron chi connectivity index (χ1n) is 8.19. The molecule has 1 heterocycles. The van der Waals surface area contributed by atoms with Crippen molar-refractivity contribution in [2.75, 3.05) is 6.54 Å². The molecule has 0 spiro atoms. The number of aromatic nitrogens is 2. The smallest absolute Gasteiger partial charge is 0.223 e. The van der Waals surface area contributed by atoms with Crippen LogP contribution in [0.1, 0.15) is 32.1 Å². The van der Waals surface area contributed by atoms with Gasteiger partial charge in [0.15, 0.2) is 0 Å². The lowest BCUT2D eigenvalue weighted by Crippen LogP contribution is -2.30. The van der Waals surface area contributed by atoms with Crippen LogP contribution in [0.25, 0.3) is 11.4 Å². The number of carbonyl (C=O) groups excluding carboxylic acids is 1. The topological polar surface area (TPSA) is 46.9 Å². The van der Waals surface area contributed by atoms with E-state index in [-0.39, 0.29) is 11.8 Å². The number of benzene rings is 1. The van der Waals surface area contributed by atoms with E-state index >= 15 is 0 Å². The fourth-order valence-electron chi connectivity index (χ4n) is 3.13. The minimum absolute atomic E-state index is 0.242. The predicted molar refractivity (Wildman–Crippen MR) is 87.2 cm³/mol. The molecule has 116 valence electrons. The van der Waals surface area contributed by atoms with Crippen LogP contribution >= 0.6 is 0 Å². The van der Waals surface area contributed by atoms with E-state index in [1.165, 1.54) is 12.8 Å². The summed E-state index contributed by atoms with van der Waals surface area (Å²) < 4.78 is 2.15. The van der Waals surface area contributed by atoms with Crippen molar-refractivity contribution in [1.82, 2.24) is 14.9 Å². The van der Waals surface area contributed by atoms with Gasteiger partial charge in [0.2, 0.25) is 5.91 Å². The van der Waals surface area contributed by atoms with Crippen LogP contribution in [0.15, 0.2) is 42.7 Å². The van der Waals surface area contributed by atoms with Crippen LogP contribution in [0.4, 0.5) is 0 Å². The highest BCUT2D eigenvalue weighted by atomic mass is 16.1. The monoisotopic (exact) mass is 297 g/mol. The number of carbonyl (C=O) groups is 1. The Balaban J connectivity index is 1.48. The fraction of sp³-hybridized carbons (Fsp3) is 0.444. The van der Waals surface area contributed by atoms with Gasteiger partial charge < -0.3 is 9.88 Å². The third kappa shape index (κ3) is 3.56. The second kappa shape index (κ2) is 7.25. The maximum absolute atomic E-state index is 12.0. The number of nitrogens with one attached hydrogen (secondary N) is 1. The molecule has 2 aromatic rings. The van der Waals surface area contributed by atoms with Gasteiger partial charge in [0.05, 0.1) is 0 Å². The van der Waals surface area contributed by atoms with Gasteiger partial charge in [-0.1, -0.05) is 43.2 Å². The Morgan fingerprint density at radius 2 is 2.00 bits per heavy atom. The molecule has 1 aliphatic rings. The zero-order valence-corrected chi connectivity index (χ0v) is 12.9. The number of aryl methyl sites for hydroxylation is 1. The highest BCUT2D eigenvalue weighted by Crippen LogP contribution is 2.24. The molecule has 0 atom stereocenters. The third-order valence-electron chi connectivity index (χ3n) is 4.35. The molecule has 0 unspecified atom stereocenters. The van der Waals surface area contributed by atoms with Gasteiger partial charge in [-0.05, 0) is 19.3 Å². The predicted octanol–water partition coefficient (Wildman–Crippen LogP) is 3.25. The van der Waals surface area contributed by atoms with E-state index in [0.29, 0.717) is 0 Å². The van der Waals surface area contributed by atoms with Crippen LogP contribution in [0.3, 0.4) is 0 Å². The van der Waals surface area contributed by atoms with Crippen molar-refractivity contribution >= 4 is 5.91 Å². The SMILES string of the molecule is O=C(NCCCn1ccnc1-c1ccccc1)C1CCCC1. The summed E-state index contributed by atoms with van der Waals surface area (Å²) in [6, 6.07) is 10.2. The summed E-state index contributed by atoms with van der Waals surface area (Å²) in [7, 11) is 0. The van der Waals surface area contributed by atoms with Crippen LogP contribution in [0.2, 0.25) is 0 Å². The zero-order valence-electron chi connectivity index (χ0n) is 12.9. The summed E-state index contributed by atoms with van der Waals surface area (Å²) in [6.07, 6.45) is 9.29. The summed E-state index contributed by atoms with van der Waals surface area (Å²) in [6.45, 7) is 1.61. The average Bonchev–Trinajstić information content (AvgIpc) is 3.23. The van der Waals surface area contributed by atoms with E-state index in [2.05, 4.69) is 27.0 Å². The van der Waals surface area contributed by atoms with Crippen molar-refractivity contribution in [2.24, 2.45) is 5.92 Å². The van der Waals surface area contributed by atoms with Gasteiger partial charge in [0.25, 0.3) is 0 Å². The van der Waals surface area contributed by atoms with E-state index in [1.54, 1.807) is 0 Å². The second-order valence-corrected chi connectivity index (χ2v) is 5.94. The summed E-state index contributed by atoms with van der Waals surface area (Å²) in [5.41, 5.74) is 1.13. The lowest BCUT2D eigenvalue weighted by atomic mass is 10.1. The Bertz CT molecular complexity index is 600. The molecule has 1 amide bonds. The maximum atomic E-state index is 12.0. The van der Waals surface area contributed by atoms with Crippen molar-refractivity contribution in [2.45, 2.75) is 38.6 Å². The molecule has 1 saturated carbocycles. The van der Waals surface area contributed by atoms with Gasteiger partial charge in [-0.2, -0.15) is 0 Å². The minimum Gasteiger partial charge on any atom is -0.356 e. The minimum atomic E-state index is 0.242. The van der Waals surface area contributed by atoms with Crippen molar-refractivity contribution in [1.29, 1.82) is 0 Å². The van der Waals surface area contributed by atoms with E-state index < -0.39 is 0 Å². The van der Waals surface area contributed by atoms with Crippen LogP contribution < -0.4 is 5.32 Å². The molecule has 0 radical (unpaired) electrons. The molecule has 22 heavy (non-hydrogen) atoms. The maximum Gasteiger partial charge on any atom is 0.223 e. The first-order chi connectivity index (χ1) is 10.8. The van der Waals surface area contributed by atoms with Crippen LogP contribution in [0, 0.1) is 5.92 Å². The molecule has 0 saturated heterocycles. The van der Waals surface area contributed by atoms with Crippen molar-refractivity contribution in [3.05, 3.63) is 42.7 Å². The number of imidazole rings is 1. The fourth-order valence-corrected chi connectivity index (χ4v) is 3.13. The summed E-state index contributed by atoms with van der Waals surface area (Å²) >= 11 is 0. The Labute approximate surface area is 131 Å². The van der Waals surface area contributed by atoms with Gasteiger partial charge in [-0.15, -0.1) is 0 Å². The van der Waals surface area contributed by atoms with E-state index in [9.17, 15) is 4.79 Å². The van der Waals surface area contributed by atoms with E-state index in [0.717, 1.165) is 43.7 Å². The lowest BCUT2D eigenvalue weighted by Gasteiger charge is -2.11.